The van der Waals surface area contributed by atoms with Gasteiger partial charge in [-0.25, -0.2) is 4.98 Å². The van der Waals surface area contributed by atoms with Crippen molar-refractivity contribution < 1.29 is 9.59 Å². The smallest absolute Gasteiger partial charge is 0.225 e. The number of carbonyl (C=O) groups is 2. The van der Waals surface area contributed by atoms with Crippen molar-refractivity contribution in [2.45, 2.75) is 65.5 Å². The Labute approximate surface area is 191 Å². The summed E-state index contributed by atoms with van der Waals surface area (Å²) in [5.74, 6) is 1.80. The van der Waals surface area contributed by atoms with Gasteiger partial charge in [-0.2, -0.15) is 5.26 Å². The Balaban J connectivity index is 1.57. The number of pyridine rings is 1. The summed E-state index contributed by atoms with van der Waals surface area (Å²) in [5, 5.41) is 16.4. The lowest BCUT2D eigenvalue weighted by Crippen LogP contribution is -2.44. The van der Waals surface area contributed by atoms with E-state index in [0.29, 0.717) is 11.4 Å². The van der Waals surface area contributed by atoms with Gasteiger partial charge in [0.15, 0.2) is 0 Å². The molecular formula is C24H36N6O2. The summed E-state index contributed by atoms with van der Waals surface area (Å²) in [6.45, 7) is 10.7. The second-order valence-electron chi connectivity index (χ2n) is 9.50. The van der Waals surface area contributed by atoms with Gasteiger partial charge in [-0.1, -0.05) is 27.7 Å². The van der Waals surface area contributed by atoms with Gasteiger partial charge in [-0.05, 0) is 37.8 Å². The van der Waals surface area contributed by atoms with E-state index in [0.717, 1.165) is 57.7 Å². The standard InChI is InChI=1S/C24H36N6O2/c1-16(2)23(31)29-11-7-19(8-12-29)26-21-6-5-18(15-25)22(28-21)27-20-9-13-30(14-10-20)24(32)17(3)4/h5-6,16-17,19-20H,7-14H2,1-4H3,(H2,26,27,28). The highest BCUT2D eigenvalue weighted by Gasteiger charge is 2.26. The van der Waals surface area contributed by atoms with E-state index in [4.69, 9.17) is 4.98 Å². The molecule has 8 nitrogen and oxygen atoms in total. The van der Waals surface area contributed by atoms with E-state index in [2.05, 4.69) is 16.7 Å². The molecule has 0 spiro atoms. The minimum absolute atomic E-state index is 0.0180. The molecular weight excluding hydrogens is 404 g/mol. The summed E-state index contributed by atoms with van der Waals surface area (Å²) in [7, 11) is 0. The monoisotopic (exact) mass is 440 g/mol. The van der Waals surface area contributed by atoms with Gasteiger partial charge in [-0.3, -0.25) is 9.59 Å². The van der Waals surface area contributed by atoms with Gasteiger partial charge in [-0.15, -0.1) is 0 Å². The maximum atomic E-state index is 12.2. The zero-order valence-corrected chi connectivity index (χ0v) is 19.7. The molecule has 0 aromatic carbocycles. The number of amides is 2. The molecule has 2 aliphatic heterocycles. The number of piperidine rings is 2. The Morgan fingerprint density at radius 2 is 1.38 bits per heavy atom. The van der Waals surface area contributed by atoms with Gasteiger partial charge in [0.25, 0.3) is 0 Å². The highest BCUT2D eigenvalue weighted by Crippen LogP contribution is 2.23. The minimum atomic E-state index is 0.0180. The summed E-state index contributed by atoms with van der Waals surface area (Å²) in [4.78, 5) is 33.0. The van der Waals surface area contributed by atoms with Crippen molar-refractivity contribution in [1.82, 2.24) is 14.8 Å². The first-order valence-electron chi connectivity index (χ1n) is 11.8. The van der Waals surface area contributed by atoms with Crippen molar-refractivity contribution in [2.75, 3.05) is 36.8 Å². The van der Waals surface area contributed by atoms with Crippen LogP contribution in [-0.2, 0) is 9.59 Å². The zero-order valence-electron chi connectivity index (χ0n) is 19.7. The van der Waals surface area contributed by atoms with Crippen LogP contribution in [0.4, 0.5) is 11.6 Å². The maximum absolute atomic E-state index is 12.2. The number of nitriles is 1. The number of carbonyl (C=O) groups excluding carboxylic acids is 2. The van der Waals surface area contributed by atoms with Crippen molar-refractivity contribution in [1.29, 1.82) is 5.26 Å². The summed E-state index contributed by atoms with van der Waals surface area (Å²) >= 11 is 0. The van der Waals surface area contributed by atoms with Crippen molar-refractivity contribution in [3.05, 3.63) is 17.7 Å². The Morgan fingerprint density at radius 1 is 0.906 bits per heavy atom. The fourth-order valence-electron chi connectivity index (χ4n) is 4.36. The van der Waals surface area contributed by atoms with Crippen molar-refractivity contribution in [3.8, 4) is 6.07 Å². The predicted molar refractivity (Wildman–Crippen MR) is 125 cm³/mol. The molecule has 2 fully saturated rings. The zero-order chi connectivity index (χ0) is 23.3. The first-order chi connectivity index (χ1) is 15.3. The first kappa shape index (κ1) is 23.8. The molecule has 3 rings (SSSR count). The second-order valence-corrected chi connectivity index (χ2v) is 9.50. The second kappa shape index (κ2) is 10.7. The predicted octanol–water partition coefficient (Wildman–Crippen LogP) is 3.07. The van der Waals surface area contributed by atoms with E-state index >= 15 is 0 Å². The van der Waals surface area contributed by atoms with Crippen LogP contribution in [0.1, 0.15) is 58.9 Å². The molecule has 0 atom stereocenters. The van der Waals surface area contributed by atoms with Crippen LogP contribution in [0.3, 0.4) is 0 Å². The third-order valence-electron chi connectivity index (χ3n) is 6.31. The topological polar surface area (TPSA) is 101 Å². The number of aromatic nitrogens is 1. The van der Waals surface area contributed by atoms with Crippen molar-refractivity contribution in [2.24, 2.45) is 11.8 Å². The lowest BCUT2D eigenvalue weighted by Gasteiger charge is -2.34. The number of nitrogens with zero attached hydrogens (tertiary/aromatic N) is 4. The van der Waals surface area contributed by atoms with Crippen molar-refractivity contribution >= 4 is 23.5 Å². The Bertz CT molecular complexity index is 847. The van der Waals surface area contributed by atoms with E-state index < -0.39 is 0 Å². The largest absolute Gasteiger partial charge is 0.367 e. The van der Waals surface area contributed by atoms with Crippen LogP contribution in [-0.4, -0.2) is 64.9 Å². The molecule has 3 heterocycles. The summed E-state index contributed by atoms with van der Waals surface area (Å²) in [6.07, 6.45) is 3.44. The number of rotatable bonds is 6. The van der Waals surface area contributed by atoms with Crippen LogP contribution >= 0.6 is 0 Å². The van der Waals surface area contributed by atoms with Crippen LogP contribution in [0.25, 0.3) is 0 Å². The summed E-state index contributed by atoms with van der Waals surface area (Å²) < 4.78 is 0. The maximum Gasteiger partial charge on any atom is 0.225 e. The van der Waals surface area contributed by atoms with Crippen LogP contribution in [0, 0.1) is 23.2 Å². The lowest BCUT2D eigenvalue weighted by molar-refractivity contribution is -0.136. The third-order valence-corrected chi connectivity index (χ3v) is 6.31. The SMILES string of the molecule is CC(C)C(=O)N1CCC(Nc2ccc(C#N)c(NC3CCN(C(=O)C(C)C)CC3)n2)CC1. The quantitative estimate of drug-likeness (QED) is 0.705. The minimum Gasteiger partial charge on any atom is -0.367 e. The van der Waals surface area contributed by atoms with Gasteiger partial charge in [0.1, 0.15) is 17.7 Å². The van der Waals surface area contributed by atoms with E-state index in [1.54, 1.807) is 6.07 Å². The van der Waals surface area contributed by atoms with Crippen LogP contribution < -0.4 is 10.6 Å². The third kappa shape index (κ3) is 5.90. The Hall–Kier alpha value is -2.82. The molecule has 0 bridgehead atoms. The number of nitrogens with one attached hydrogen (secondary N) is 2. The molecule has 2 N–H and O–H groups in total. The fraction of sp³-hybridized carbons (Fsp3) is 0.667. The van der Waals surface area contributed by atoms with E-state index in [-0.39, 0.29) is 35.7 Å². The number of anilines is 2. The molecule has 2 saturated heterocycles. The van der Waals surface area contributed by atoms with E-state index in [1.165, 1.54) is 0 Å². The summed E-state index contributed by atoms with van der Waals surface area (Å²) in [5.41, 5.74) is 0.522. The van der Waals surface area contributed by atoms with Crippen LogP contribution in [0.2, 0.25) is 0 Å². The van der Waals surface area contributed by atoms with Gasteiger partial charge in [0.05, 0.1) is 5.56 Å². The number of likely N-dealkylation sites (tertiary alicyclic amines) is 2. The molecule has 1 aromatic rings. The molecule has 32 heavy (non-hydrogen) atoms. The average Bonchev–Trinajstić information content (AvgIpc) is 2.79. The van der Waals surface area contributed by atoms with Gasteiger partial charge in [0, 0.05) is 50.1 Å². The highest BCUT2D eigenvalue weighted by molar-refractivity contribution is 5.78. The van der Waals surface area contributed by atoms with Gasteiger partial charge < -0.3 is 20.4 Å². The van der Waals surface area contributed by atoms with Gasteiger partial charge >= 0.3 is 0 Å². The fourth-order valence-corrected chi connectivity index (χ4v) is 4.36. The Morgan fingerprint density at radius 3 is 1.81 bits per heavy atom. The van der Waals surface area contributed by atoms with Crippen LogP contribution in [0.15, 0.2) is 12.1 Å². The van der Waals surface area contributed by atoms with Gasteiger partial charge in [0.2, 0.25) is 11.8 Å². The van der Waals surface area contributed by atoms with E-state index in [9.17, 15) is 14.9 Å². The van der Waals surface area contributed by atoms with Crippen molar-refractivity contribution in [3.63, 3.8) is 0 Å². The number of hydrogen-bond acceptors (Lipinski definition) is 6. The molecule has 2 aliphatic rings. The molecule has 0 aliphatic carbocycles. The molecule has 0 radical (unpaired) electrons. The lowest BCUT2D eigenvalue weighted by atomic mass is 10.0. The molecule has 2 amide bonds. The van der Waals surface area contributed by atoms with Crippen LogP contribution in [0.5, 0.6) is 0 Å². The summed E-state index contributed by atoms with van der Waals surface area (Å²) in [6, 6.07) is 6.31. The average molecular weight is 441 g/mol. The molecule has 174 valence electrons. The van der Waals surface area contributed by atoms with E-state index in [1.807, 2.05) is 43.6 Å². The molecule has 8 heteroatoms. The molecule has 0 unspecified atom stereocenters. The highest BCUT2D eigenvalue weighted by atomic mass is 16.2. The molecule has 0 saturated carbocycles. The Kier molecular flexibility index (Phi) is 7.94. The number of hydrogen-bond donors (Lipinski definition) is 2. The molecule has 1 aromatic heterocycles. The normalized spacial score (nSPS) is 18.0. The first-order valence-corrected chi connectivity index (χ1v) is 11.8.